The molecule has 0 amide bonds. The maximum Gasteiger partial charge on any atom is 0.180 e. The fraction of sp³-hybridized carbons (Fsp3) is 0.500. The summed E-state index contributed by atoms with van der Waals surface area (Å²) >= 11 is 0. The van der Waals surface area contributed by atoms with E-state index in [0.717, 1.165) is 19.4 Å². The van der Waals surface area contributed by atoms with Crippen molar-refractivity contribution in [1.29, 1.82) is 5.26 Å². The number of hydrogen-bond acceptors (Lipinski definition) is 5. The highest BCUT2D eigenvalue weighted by Crippen LogP contribution is 2.13. The van der Waals surface area contributed by atoms with Crippen LogP contribution in [0.25, 0.3) is 0 Å². The lowest BCUT2D eigenvalue weighted by Crippen LogP contribution is -2.27. The van der Waals surface area contributed by atoms with Crippen molar-refractivity contribution in [3.8, 4) is 6.07 Å². The second-order valence-corrected chi connectivity index (χ2v) is 6.94. The zero-order valence-electron chi connectivity index (χ0n) is 11.2. The van der Waals surface area contributed by atoms with Crippen LogP contribution >= 0.6 is 0 Å². The molecule has 1 fully saturated rings. The number of rotatable bonds is 6. The lowest BCUT2D eigenvalue weighted by molar-refractivity contribution is 0.129. The molecule has 1 aromatic rings. The SMILES string of the molecule is N#Cc1cccc(S(=O)(=O)CCOCC2CCCN2)c1. The molecule has 0 radical (unpaired) electrons. The molecule has 1 N–H and O–H groups in total. The first-order chi connectivity index (χ1) is 9.62. The van der Waals surface area contributed by atoms with Gasteiger partial charge in [0, 0.05) is 6.04 Å². The van der Waals surface area contributed by atoms with Gasteiger partial charge in [-0.2, -0.15) is 5.26 Å². The average Bonchev–Trinajstić information content (AvgIpc) is 2.97. The van der Waals surface area contributed by atoms with Crippen LogP contribution in [0.15, 0.2) is 29.2 Å². The van der Waals surface area contributed by atoms with E-state index in [2.05, 4.69) is 5.32 Å². The minimum Gasteiger partial charge on any atom is -0.379 e. The molecule has 0 aliphatic carbocycles. The summed E-state index contributed by atoms with van der Waals surface area (Å²) in [6.45, 7) is 1.73. The smallest absolute Gasteiger partial charge is 0.180 e. The number of hydrogen-bond donors (Lipinski definition) is 1. The predicted molar refractivity (Wildman–Crippen MR) is 75.1 cm³/mol. The molecule has 1 heterocycles. The number of nitriles is 1. The molecule has 108 valence electrons. The molecule has 1 atom stereocenters. The van der Waals surface area contributed by atoms with Crippen LogP contribution in [-0.4, -0.2) is 40.0 Å². The van der Waals surface area contributed by atoms with E-state index in [9.17, 15) is 8.42 Å². The zero-order valence-corrected chi connectivity index (χ0v) is 12.0. The Morgan fingerprint density at radius 2 is 2.30 bits per heavy atom. The first-order valence-corrected chi connectivity index (χ1v) is 8.31. The Morgan fingerprint density at radius 3 is 3.00 bits per heavy atom. The highest BCUT2D eigenvalue weighted by Gasteiger charge is 2.17. The third-order valence-corrected chi connectivity index (χ3v) is 4.98. The topological polar surface area (TPSA) is 79.2 Å². The first-order valence-electron chi connectivity index (χ1n) is 6.66. The van der Waals surface area contributed by atoms with Crippen molar-refractivity contribution in [3.63, 3.8) is 0 Å². The standard InChI is InChI=1S/C14H18N2O3S/c15-10-12-3-1-5-14(9-12)20(17,18)8-7-19-11-13-4-2-6-16-13/h1,3,5,9,13,16H,2,4,6-8,11H2. The minimum absolute atomic E-state index is 0.0609. The van der Waals surface area contributed by atoms with Gasteiger partial charge < -0.3 is 10.1 Å². The second kappa shape index (κ2) is 6.84. The highest BCUT2D eigenvalue weighted by atomic mass is 32.2. The zero-order chi connectivity index (χ0) is 14.4. The van der Waals surface area contributed by atoms with Gasteiger partial charge in [-0.05, 0) is 37.6 Å². The molecule has 1 aliphatic rings. The number of sulfone groups is 1. The fourth-order valence-electron chi connectivity index (χ4n) is 2.17. The summed E-state index contributed by atoms with van der Waals surface area (Å²) in [4.78, 5) is 0.180. The molecule has 1 unspecified atom stereocenters. The number of benzene rings is 1. The van der Waals surface area contributed by atoms with Gasteiger partial charge in [-0.15, -0.1) is 0 Å². The second-order valence-electron chi connectivity index (χ2n) is 4.83. The van der Waals surface area contributed by atoms with E-state index in [-0.39, 0.29) is 17.3 Å². The molecular weight excluding hydrogens is 276 g/mol. The Balaban J connectivity index is 1.85. The molecule has 0 aromatic heterocycles. The summed E-state index contributed by atoms with van der Waals surface area (Å²) in [6.07, 6.45) is 2.23. The Labute approximate surface area is 119 Å². The summed E-state index contributed by atoms with van der Waals surface area (Å²) < 4.78 is 29.6. The van der Waals surface area contributed by atoms with E-state index in [1.54, 1.807) is 12.1 Å². The number of nitrogens with one attached hydrogen (secondary N) is 1. The van der Waals surface area contributed by atoms with Crippen molar-refractivity contribution in [1.82, 2.24) is 5.32 Å². The molecule has 0 bridgehead atoms. The quantitative estimate of drug-likeness (QED) is 0.795. The summed E-state index contributed by atoms with van der Waals surface area (Å²) in [5, 5.41) is 12.1. The lowest BCUT2D eigenvalue weighted by Gasteiger charge is -2.11. The molecule has 1 saturated heterocycles. The third-order valence-electron chi connectivity index (χ3n) is 3.30. The van der Waals surface area contributed by atoms with E-state index >= 15 is 0 Å². The van der Waals surface area contributed by atoms with Gasteiger partial charge in [0.2, 0.25) is 0 Å². The highest BCUT2D eigenvalue weighted by molar-refractivity contribution is 7.91. The van der Waals surface area contributed by atoms with Crippen LogP contribution in [0.4, 0.5) is 0 Å². The van der Waals surface area contributed by atoms with Gasteiger partial charge >= 0.3 is 0 Å². The van der Waals surface area contributed by atoms with Crippen molar-refractivity contribution in [2.75, 3.05) is 25.5 Å². The van der Waals surface area contributed by atoms with Crippen LogP contribution < -0.4 is 5.32 Å². The molecule has 0 saturated carbocycles. The fourth-order valence-corrected chi connectivity index (χ4v) is 3.34. The third kappa shape index (κ3) is 4.04. The van der Waals surface area contributed by atoms with Crippen molar-refractivity contribution in [3.05, 3.63) is 29.8 Å². The van der Waals surface area contributed by atoms with Gasteiger partial charge in [-0.1, -0.05) is 6.07 Å². The maximum absolute atomic E-state index is 12.1. The van der Waals surface area contributed by atoms with Gasteiger partial charge in [0.05, 0.1) is 35.5 Å². The lowest BCUT2D eigenvalue weighted by atomic mass is 10.2. The van der Waals surface area contributed by atoms with Crippen LogP contribution in [0, 0.1) is 11.3 Å². The van der Waals surface area contributed by atoms with E-state index in [1.165, 1.54) is 12.1 Å². The molecular formula is C14H18N2O3S. The Morgan fingerprint density at radius 1 is 1.45 bits per heavy atom. The summed E-state index contributed by atoms with van der Waals surface area (Å²) in [6, 6.07) is 8.35. The van der Waals surface area contributed by atoms with E-state index < -0.39 is 9.84 Å². The summed E-state index contributed by atoms with van der Waals surface area (Å²) in [7, 11) is -3.39. The van der Waals surface area contributed by atoms with Crippen LogP contribution in [-0.2, 0) is 14.6 Å². The monoisotopic (exact) mass is 294 g/mol. The Bertz CT molecular complexity index is 587. The molecule has 20 heavy (non-hydrogen) atoms. The van der Waals surface area contributed by atoms with Crippen LogP contribution in [0.5, 0.6) is 0 Å². The number of ether oxygens (including phenoxy) is 1. The van der Waals surface area contributed by atoms with Gasteiger partial charge in [0.15, 0.2) is 9.84 Å². The summed E-state index contributed by atoms with van der Waals surface area (Å²) in [5.74, 6) is -0.0609. The molecule has 1 aliphatic heterocycles. The molecule has 0 spiro atoms. The van der Waals surface area contributed by atoms with E-state index in [1.807, 2.05) is 6.07 Å². The molecule has 2 rings (SSSR count). The van der Waals surface area contributed by atoms with Crippen molar-refractivity contribution in [2.24, 2.45) is 0 Å². The minimum atomic E-state index is -3.39. The van der Waals surface area contributed by atoms with Gasteiger partial charge in [0.25, 0.3) is 0 Å². The van der Waals surface area contributed by atoms with Gasteiger partial charge in [-0.25, -0.2) is 8.42 Å². The predicted octanol–water partition coefficient (Wildman–Crippen LogP) is 1.10. The maximum atomic E-state index is 12.1. The van der Waals surface area contributed by atoms with Crippen LogP contribution in [0.1, 0.15) is 18.4 Å². The molecule has 5 nitrogen and oxygen atoms in total. The van der Waals surface area contributed by atoms with Gasteiger partial charge in [-0.3, -0.25) is 0 Å². The summed E-state index contributed by atoms with van der Waals surface area (Å²) in [5.41, 5.74) is 0.349. The Hall–Kier alpha value is -1.42. The normalized spacial score (nSPS) is 18.9. The van der Waals surface area contributed by atoms with Crippen LogP contribution in [0.2, 0.25) is 0 Å². The van der Waals surface area contributed by atoms with Crippen molar-refractivity contribution < 1.29 is 13.2 Å². The molecule has 1 aromatic carbocycles. The van der Waals surface area contributed by atoms with Crippen LogP contribution in [0.3, 0.4) is 0 Å². The number of nitrogens with zero attached hydrogens (tertiary/aromatic N) is 1. The largest absolute Gasteiger partial charge is 0.379 e. The Kier molecular flexibility index (Phi) is 5.12. The van der Waals surface area contributed by atoms with Crippen molar-refractivity contribution >= 4 is 9.84 Å². The molecule has 6 heteroatoms. The van der Waals surface area contributed by atoms with E-state index in [4.69, 9.17) is 10.00 Å². The first kappa shape index (κ1) is 15.0. The van der Waals surface area contributed by atoms with E-state index in [0.29, 0.717) is 18.2 Å². The average molecular weight is 294 g/mol. The van der Waals surface area contributed by atoms with Crippen molar-refractivity contribution in [2.45, 2.75) is 23.8 Å². The van der Waals surface area contributed by atoms with Gasteiger partial charge in [0.1, 0.15) is 0 Å².